The van der Waals surface area contributed by atoms with Crippen molar-refractivity contribution in [3.8, 4) is 0 Å². The zero-order valence-corrected chi connectivity index (χ0v) is 12.1. The summed E-state index contributed by atoms with van der Waals surface area (Å²) in [7, 11) is 0. The molecule has 1 atom stereocenters. The van der Waals surface area contributed by atoms with Crippen molar-refractivity contribution in [2.24, 2.45) is 5.73 Å². The Balaban J connectivity index is 2.56. The van der Waals surface area contributed by atoms with E-state index in [1.807, 2.05) is 26.0 Å². The Morgan fingerprint density at radius 3 is 2.56 bits per heavy atom. The van der Waals surface area contributed by atoms with Crippen molar-refractivity contribution >= 4 is 15.9 Å². The average molecular weight is 322 g/mol. The van der Waals surface area contributed by atoms with Crippen molar-refractivity contribution in [2.75, 3.05) is 13.2 Å². The minimum absolute atomic E-state index is 0.186. The van der Waals surface area contributed by atoms with Gasteiger partial charge in [0, 0.05) is 17.1 Å². The second-order valence-corrected chi connectivity index (χ2v) is 5.17. The molecule has 18 heavy (non-hydrogen) atoms. The molecule has 0 aliphatic rings. The third-order valence-electron chi connectivity index (χ3n) is 2.76. The molecule has 0 bridgehead atoms. The molecule has 102 valence electrons. The number of benzene rings is 1. The van der Waals surface area contributed by atoms with Crippen molar-refractivity contribution in [1.29, 1.82) is 0 Å². The Kier molecular flexibility index (Phi) is 6.18. The molecule has 1 unspecified atom stereocenters. The van der Waals surface area contributed by atoms with Gasteiger partial charge in [-0.2, -0.15) is 0 Å². The van der Waals surface area contributed by atoms with Gasteiger partial charge in [0.05, 0.1) is 0 Å². The fourth-order valence-corrected chi connectivity index (χ4v) is 2.20. The van der Waals surface area contributed by atoms with E-state index >= 15 is 0 Å². The fraction of sp³-hybridized carbons (Fsp3) is 0.538. The smallest absolute Gasteiger partial charge is 0.261 e. The molecule has 0 fully saturated rings. The van der Waals surface area contributed by atoms with E-state index in [1.54, 1.807) is 0 Å². The van der Waals surface area contributed by atoms with Crippen LogP contribution in [0.15, 0.2) is 16.6 Å². The molecule has 5 heteroatoms. The first kappa shape index (κ1) is 15.5. The van der Waals surface area contributed by atoms with E-state index in [0.717, 1.165) is 21.2 Å². The number of hydrogen-bond acceptors (Lipinski definition) is 2. The van der Waals surface area contributed by atoms with Crippen LogP contribution in [0.4, 0.5) is 8.78 Å². The van der Waals surface area contributed by atoms with Crippen LogP contribution >= 0.6 is 15.9 Å². The highest BCUT2D eigenvalue weighted by Gasteiger charge is 2.11. The zero-order chi connectivity index (χ0) is 13.7. The second-order valence-electron chi connectivity index (χ2n) is 4.32. The lowest BCUT2D eigenvalue weighted by Crippen LogP contribution is -2.16. The first-order chi connectivity index (χ1) is 8.41. The monoisotopic (exact) mass is 321 g/mol. The molecule has 0 spiro atoms. The largest absolute Gasteiger partial charge is 0.375 e. The molecule has 2 N–H and O–H groups in total. The number of aryl methyl sites for hydroxylation is 2. The molecule has 0 aliphatic heterocycles. The Bertz CT molecular complexity index is 399. The normalized spacial score (nSPS) is 13.1. The SMILES string of the molecule is Cc1cc(C(N)CCOCC(F)F)c(C)cc1Br. The molecular formula is C13H18BrF2NO. The van der Waals surface area contributed by atoms with Gasteiger partial charge in [-0.05, 0) is 43.0 Å². The summed E-state index contributed by atoms with van der Waals surface area (Å²) in [6.45, 7) is 3.71. The van der Waals surface area contributed by atoms with E-state index in [4.69, 9.17) is 10.5 Å². The molecule has 0 saturated carbocycles. The third kappa shape index (κ3) is 4.63. The number of ether oxygens (including phenoxy) is 1. The summed E-state index contributed by atoms with van der Waals surface area (Å²) in [6.07, 6.45) is -1.88. The molecule has 2 nitrogen and oxygen atoms in total. The Hall–Kier alpha value is -0.520. The van der Waals surface area contributed by atoms with Crippen molar-refractivity contribution < 1.29 is 13.5 Å². The van der Waals surface area contributed by atoms with Gasteiger partial charge in [-0.15, -0.1) is 0 Å². The maximum atomic E-state index is 11.9. The summed E-state index contributed by atoms with van der Waals surface area (Å²) >= 11 is 3.46. The standard InChI is InChI=1S/C13H18BrF2NO/c1-8-6-11(14)9(2)5-10(8)12(17)3-4-18-7-13(15)16/h5-6,12-13H,3-4,7,17H2,1-2H3. The first-order valence-corrected chi connectivity index (χ1v) is 6.59. The number of alkyl halides is 2. The summed E-state index contributed by atoms with van der Waals surface area (Å²) < 4.78 is 29.7. The highest BCUT2D eigenvalue weighted by molar-refractivity contribution is 9.10. The molecule has 0 heterocycles. The molecule has 0 amide bonds. The van der Waals surface area contributed by atoms with Gasteiger partial charge in [0.15, 0.2) is 0 Å². The van der Waals surface area contributed by atoms with Crippen molar-refractivity contribution in [2.45, 2.75) is 32.7 Å². The highest BCUT2D eigenvalue weighted by atomic mass is 79.9. The number of rotatable bonds is 6. The van der Waals surface area contributed by atoms with Gasteiger partial charge in [0.25, 0.3) is 6.43 Å². The van der Waals surface area contributed by atoms with Gasteiger partial charge in [0.1, 0.15) is 6.61 Å². The molecular weight excluding hydrogens is 304 g/mol. The summed E-state index contributed by atoms with van der Waals surface area (Å²) in [5.41, 5.74) is 9.29. The van der Waals surface area contributed by atoms with Crippen LogP contribution in [-0.2, 0) is 4.74 Å². The summed E-state index contributed by atoms with van der Waals surface area (Å²) in [6, 6.07) is 3.86. The van der Waals surface area contributed by atoms with Crippen LogP contribution in [0.1, 0.15) is 29.2 Å². The van der Waals surface area contributed by atoms with Crippen LogP contribution in [0.3, 0.4) is 0 Å². The number of hydrogen-bond donors (Lipinski definition) is 1. The Labute approximate surface area is 115 Å². The lowest BCUT2D eigenvalue weighted by molar-refractivity contribution is 0.0152. The van der Waals surface area contributed by atoms with Gasteiger partial charge in [-0.1, -0.05) is 22.0 Å². The Morgan fingerprint density at radius 2 is 1.94 bits per heavy atom. The van der Waals surface area contributed by atoms with Gasteiger partial charge >= 0.3 is 0 Å². The van der Waals surface area contributed by atoms with Crippen molar-refractivity contribution in [3.63, 3.8) is 0 Å². The van der Waals surface area contributed by atoms with Gasteiger partial charge in [-0.3, -0.25) is 0 Å². The van der Waals surface area contributed by atoms with Crippen LogP contribution in [0.2, 0.25) is 0 Å². The summed E-state index contributed by atoms with van der Waals surface area (Å²) in [5.74, 6) is 0. The first-order valence-electron chi connectivity index (χ1n) is 5.80. The molecule has 0 aromatic heterocycles. The van der Waals surface area contributed by atoms with Crippen molar-refractivity contribution in [3.05, 3.63) is 33.3 Å². The predicted octanol–water partition coefficient (Wildman–Crippen LogP) is 3.74. The van der Waals surface area contributed by atoms with Gasteiger partial charge in [-0.25, -0.2) is 8.78 Å². The van der Waals surface area contributed by atoms with E-state index in [1.165, 1.54) is 0 Å². The lowest BCUT2D eigenvalue weighted by Gasteiger charge is -2.16. The summed E-state index contributed by atoms with van der Waals surface area (Å²) in [4.78, 5) is 0. The van der Waals surface area contributed by atoms with E-state index in [0.29, 0.717) is 6.42 Å². The minimum atomic E-state index is -2.42. The van der Waals surface area contributed by atoms with E-state index in [-0.39, 0.29) is 12.6 Å². The van der Waals surface area contributed by atoms with Crippen LogP contribution in [0.25, 0.3) is 0 Å². The Morgan fingerprint density at radius 1 is 1.28 bits per heavy atom. The van der Waals surface area contributed by atoms with E-state index < -0.39 is 13.0 Å². The maximum absolute atomic E-state index is 11.9. The molecule has 0 aliphatic carbocycles. The zero-order valence-electron chi connectivity index (χ0n) is 10.6. The lowest BCUT2D eigenvalue weighted by atomic mass is 9.98. The quantitative estimate of drug-likeness (QED) is 0.810. The molecule has 0 radical (unpaired) electrons. The van der Waals surface area contributed by atoms with E-state index in [2.05, 4.69) is 15.9 Å². The minimum Gasteiger partial charge on any atom is -0.375 e. The van der Waals surface area contributed by atoms with Crippen molar-refractivity contribution in [1.82, 2.24) is 0 Å². The average Bonchev–Trinajstić information content (AvgIpc) is 2.28. The predicted molar refractivity (Wildman–Crippen MR) is 72.0 cm³/mol. The van der Waals surface area contributed by atoms with Crippen LogP contribution in [-0.4, -0.2) is 19.6 Å². The number of nitrogens with two attached hydrogens (primary N) is 1. The van der Waals surface area contributed by atoms with Gasteiger partial charge < -0.3 is 10.5 Å². The fourth-order valence-electron chi connectivity index (χ4n) is 1.74. The maximum Gasteiger partial charge on any atom is 0.261 e. The van der Waals surface area contributed by atoms with Crippen LogP contribution < -0.4 is 5.73 Å². The topological polar surface area (TPSA) is 35.2 Å². The van der Waals surface area contributed by atoms with Crippen LogP contribution in [0, 0.1) is 13.8 Å². The second kappa shape index (κ2) is 7.16. The molecule has 1 rings (SSSR count). The number of halogens is 3. The highest BCUT2D eigenvalue weighted by Crippen LogP contribution is 2.25. The summed E-state index contributed by atoms with van der Waals surface area (Å²) in [5, 5.41) is 0. The van der Waals surface area contributed by atoms with E-state index in [9.17, 15) is 8.78 Å². The third-order valence-corrected chi connectivity index (χ3v) is 3.62. The van der Waals surface area contributed by atoms with Crippen LogP contribution in [0.5, 0.6) is 0 Å². The molecule has 1 aromatic rings. The van der Waals surface area contributed by atoms with Gasteiger partial charge in [0.2, 0.25) is 0 Å². The molecule has 1 aromatic carbocycles. The molecule has 0 saturated heterocycles.